The molecule has 5 heteroatoms. The van der Waals surface area contributed by atoms with Gasteiger partial charge in [-0.1, -0.05) is 0 Å². The molecule has 2 N–H and O–H groups in total. The van der Waals surface area contributed by atoms with Gasteiger partial charge in [-0.3, -0.25) is 14.6 Å². The fraction of sp³-hybridized carbons (Fsp3) is 0.222. The van der Waals surface area contributed by atoms with E-state index in [1.165, 1.54) is 0 Å². The van der Waals surface area contributed by atoms with Gasteiger partial charge in [0.05, 0.1) is 17.6 Å². The lowest BCUT2D eigenvalue weighted by atomic mass is 10.2. The highest BCUT2D eigenvalue weighted by Gasteiger charge is 2.11. The van der Waals surface area contributed by atoms with Crippen LogP contribution in [0, 0.1) is 6.92 Å². The molecule has 0 radical (unpaired) electrons. The average molecular weight is 189 g/mol. The third-order valence-corrected chi connectivity index (χ3v) is 2.07. The Morgan fingerprint density at radius 3 is 2.57 bits per heavy atom. The highest BCUT2D eigenvalue weighted by molar-refractivity contribution is 5.70. The van der Waals surface area contributed by atoms with Crippen LogP contribution in [0.1, 0.15) is 5.69 Å². The molecule has 0 aliphatic heterocycles. The quantitative estimate of drug-likeness (QED) is 0.719. The zero-order valence-electron chi connectivity index (χ0n) is 8.10. The van der Waals surface area contributed by atoms with Crippen molar-refractivity contribution in [2.75, 3.05) is 5.73 Å². The summed E-state index contributed by atoms with van der Waals surface area (Å²) < 4.78 is 1.70. The van der Waals surface area contributed by atoms with Crippen LogP contribution in [-0.2, 0) is 7.05 Å². The molecule has 2 aromatic heterocycles. The Morgan fingerprint density at radius 2 is 2.00 bits per heavy atom. The molecule has 2 aromatic rings. The van der Waals surface area contributed by atoms with Crippen LogP contribution < -0.4 is 5.73 Å². The van der Waals surface area contributed by atoms with Crippen molar-refractivity contribution in [3.63, 3.8) is 0 Å². The molecule has 0 aliphatic rings. The van der Waals surface area contributed by atoms with Crippen LogP contribution in [0.4, 0.5) is 5.69 Å². The van der Waals surface area contributed by atoms with Gasteiger partial charge in [0.2, 0.25) is 0 Å². The van der Waals surface area contributed by atoms with E-state index in [1.807, 2.05) is 14.0 Å². The van der Waals surface area contributed by atoms with Crippen molar-refractivity contribution in [1.82, 2.24) is 19.7 Å². The summed E-state index contributed by atoms with van der Waals surface area (Å²) in [4.78, 5) is 8.40. The lowest BCUT2D eigenvalue weighted by Crippen LogP contribution is -2.00. The first-order valence-corrected chi connectivity index (χ1v) is 4.25. The van der Waals surface area contributed by atoms with E-state index < -0.39 is 0 Å². The van der Waals surface area contributed by atoms with Crippen LogP contribution in [0.25, 0.3) is 11.4 Å². The van der Waals surface area contributed by atoms with E-state index in [0.717, 1.165) is 17.1 Å². The van der Waals surface area contributed by atoms with E-state index in [0.29, 0.717) is 5.69 Å². The molecular formula is C9H11N5. The standard InChI is InChI=1S/C9H11N5/c1-6-8(12-4-3-11-6)9-7(10)5-13-14(9)2/h3-5H,10H2,1-2H3. The van der Waals surface area contributed by atoms with Crippen molar-refractivity contribution in [2.24, 2.45) is 7.05 Å². The molecular weight excluding hydrogens is 178 g/mol. The van der Waals surface area contributed by atoms with Gasteiger partial charge < -0.3 is 5.73 Å². The summed E-state index contributed by atoms with van der Waals surface area (Å²) in [6, 6.07) is 0. The Balaban J connectivity index is 2.66. The van der Waals surface area contributed by atoms with Gasteiger partial charge in [-0.15, -0.1) is 0 Å². The van der Waals surface area contributed by atoms with Gasteiger partial charge in [-0.2, -0.15) is 5.10 Å². The maximum atomic E-state index is 5.79. The van der Waals surface area contributed by atoms with E-state index in [2.05, 4.69) is 15.1 Å². The number of aromatic nitrogens is 4. The number of anilines is 1. The maximum Gasteiger partial charge on any atom is 0.112 e. The van der Waals surface area contributed by atoms with E-state index in [-0.39, 0.29) is 0 Å². The highest BCUT2D eigenvalue weighted by atomic mass is 15.3. The minimum atomic E-state index is 0.621. The van der Waals surface area contributed by atoms with Crippen LogP contribution in [0.5, 0.6) is 0 Å². The molecule has 0 aromatic carbocycles. The molecule has 0 atom stereocenters. The molecule has 0 saturated heterocycles. The predicted octanol–water partition coefficient (Wildman–Crippen LogP) is 0.768. The average Bonchev–Trinajstić information content (AvgIpc) is 2.48. The molecule has 0 bridgehead atoms. The van der Waals surface area contributed by atoms with Gasteiger partial charge in [-0.05, 0) is 6.92 Å². The summed E-state index contributed by atoms with van der Waals surface area (Å²) in [6.07, 6.45) is 4.92. The van der Waals surface area contributed by atoms with E-state index in [1.54, 1.807) is 23.3 Å². The molecule has 0 saturated carbocycles. The van der Waals surface area contributed by atoms with Crippen molar-refractivity contribution in [1.29, 1.82) is 0 Å². The monoisotopic (exact) mass is 189 g/mol. The minimum absolute atomic E-state index is 0.621. The molecule has 0 fully saturated rings. The maximum absolute atomic E-state index is 5.79. The predicted molar refractivity (Wildman–Crippen MR) is 53.4 cm³/mol. The molecule has 0 amide bonds. The SMILES string of the molecule is Cc1nccnc1-c1c(N)cnn1C. The van der Waals surface area contributed by atoms with Crippen molar-refractivity contribution >= 4 is 5.69 Å². The van der Waals surface area contributed by atoms with Crippen LogP contribution >= 0.6 is 0 Å². The van der Waals surface area contributed by atoms with Crippen LogP contribution in [0.15, 0.2) is 18.6 Å². The van der Waals surface area contributed by atoms with Gasteiger partial charge in [0.1, 0.15) is 11.4 Å². The Bertz CT molecular complexity index is 440. The van der Waals surface area contributed by atoms with Crippen molar-refractivity contribution in [3.8, 4) is 11.4 Å². The number of nitrogen functional groups attached to an aromatic ring is 1. The third kappa shape index (κ3) is 1.22. The molecule has 72 valence electrons. The number of nitrogens with zero attached hydrogens (tertiary/aromatic N) is 4. The zero-order chi connectivity index (χ0) is 10.1. The number of aryl methyl sites for hydroxylation is 2. The van der Waals surface area contributed by atoms with Crippen molar-refractivity contribution < 1.29 is 0 Å². The topological polar surface area (TPSA) is 69.6 Å². The Morgan fingerprint density at radius 1 is 1.29 bits per heavy atom. The second-order valence-electron chi connectivity index (χ2n) is 3.06. The third-order valence-electron chi connectivity index (χ3n) is 2.07. The summed E-state index contributed by atoms with van der Waals surface area (Å²) in [7, 11) is 1.83. The second-order valence-corrected chi connectivity index (χ2v) is 3.06. The fourth-order valence-electron chi connectivity index (χ4n) is 1.38. The largest absolute Gasteiger partial charge is 0.396 e. The first-order valence-electron chi connectivity index (χ1n) is 4.25. The highest BCUT2D eigenvalue weighted by Crippen LogP contribution is 2.24. The van der Waals surface area contributed by atoms with Crippen LogP contribution in [0.3, 0.4) is 0 Å². The summed E-state index contributed by atoms with van der Waals surface area (Å²) in [5.74, 6) is 0. The van der Waals surface area contributed by atoms with E-state index >= 15 is 0 Å². The number of nitrogens with two attached hydrogens (primary N) is 1. The van der Waals surface area contributed by atoms with E-state index in [4.69, 9.17) is 5.73 Å². The van der Waals surface area contributed by atoms with Gasteiger partial charge in [-0.25, -0.2) is 0 Å². The summed E-state index contributed by atoms with van der Waals surface area (Å²) in [5.41, 5.74) is 8.86. The smallest absolute Gasteiger partial charge is 0.112 e. The lowest BCUT2D eigenvalue weighted by molar-refractivity contribution is 0.771. The lowest BCUT2D eigenvalue weighted by Gasteiger charge is -2.04. The number of hydrogen-bond donors (Lipinski definition) is 1. The minimum Gasteiger partial charge on any atom is -0.396 e. The zero-order valence-corrected chi connectivity index (χ0v) is 8.10. The Kier molecular flexibility index (Phi) is 1.92. The summed E-state index contributed by atoms with van der Waals surface area (Å²) >= 11 is 0. The summed E-state index contributed by atoms with van der Waals surface area (Å²) in [6.45, 7) is 1.90. The second kappa shape index (κ2) is 3.10. The molecule has 5 nitrogen and oxygen atoms in total. The van der Waals surface area contributed by atoms with Gasteiger partial charge >= 0.3 is 0 Å². The molecule has 2 rings (SSSR count). The molecule has 2 heterocycles. The molecule has 0 unspecified atom stereocenters. The van der Waals surface area contributed by atoms with Crippen molar-refractivity contribution in [2.45, 2.75) is 6.92 Å². The van der Waals surface area contributed by atoms with E-state index in [9.17, 15) is 0 Å². The molecule has 0 aliphatic carbocycles. The van der Waals surface area contributed by atoms with Crippen molar-refractivity contribution in [3.05, 3.63) is 24.3 Å². The Labute approximate surface area is 81.6 Å². The normalized spacial score (nSPS) is 10.4. The first-order chi connectivity index (χ1) is 6.70. The van der Waals surface area contributed by atoms with Crippen LogP contribution in [0.2, 0.25) is 0 Å². The molecule has 14 heavy (non-hydrogen) atoms. The molecule has 0 spiro atoms. The van der Waals surface area contributed by atoms with Gasteiger partial charge in [0, 0.05) is 19.4 Å². The summed E-state index contributed by atoms with van der Waals surface area (Å²) in [5, 5.41) is 4.06. The number of hydrogen-bond acceptors (Lipinski definition) is 4. The Hall–Kier alpha value is -1.91. The van der Waals surface area contributed by atoms with Gasteiger partial charge in [0.25, 0.3) is 0 Å². The fourth-order valence-corrected chi connectivity index (χ4v) is 1.38. The first kappa shape index (κ1) is 8.68. The van der Waals surface area contributed by atoms with Crippen LogP contribution in [-0.4, -0.2) is 19.7 Å². The van der Waals surface area contributed by atoms with Gasteiger partial charge in [0.15, 0.2) is 0 Å². The number of rotatable bonds is 1.